The van der Waals surface area contributed by atoms with Crippen molar-refractivity contribution in [1.82, 2.24) is 9.80 Å². The van der Waals surface area contributed by atoms with Crippen LogP contribution in [0.2, 0.25) is 0 Å². The van der Waals surface area contributed by atoms with Crippen LogP contribution in [0.15, 0.2) is 0 Å². The molecule has 14 heavy (non-hydrogen) atoms. The fraction of sp³-hybridized carbons (Fsp3) is 1.00. The molecule has 2 atom stereocenters. The molecule has 0 aromatic heterocycles. The summed E-state index contributed by atoms with van der Waals surface area (Å²) < 4.78 is 0. The Labute approximate surface area is 89.2 Å². The Morgan fingerprint density at radius 3 is 1.29 bits per heavy atom. The number of hydrogen-bond donors (Lipinski definition) is 1. The predicted octanol–water partition coefficient (Wildman–Crippen LogP) is 0.994. The van der Waals surface area contributed by atoms with E-state index in [1.807, 2.05) is 0 Å². The first-order chi connectivity index (χ1) is 6.45. The molecular formula is C11H27N3. The first-order valence-corrected chi connectivity index (χ1v) is 5.54. The third kappa shape index (κ3) is 3.56. The Morgan fingerprint density at radius 2 is 1.14 bits per heavy atom. The van der Waals surface area contributed by atoms with E-state index in [9.17, 15) is 0 Å². The highest BCUT2D eigenvalue weighted by atomic mass is 15.2. The molecule has 0 saturated carbocycles. The minimum Gasteiger partial charge on any atom is -0.325 e. The average Bonchev–Trinajstić information content (AvgIpc) is 2.04. The smallest absolute Gasteiger partial charge is 0.0354 e. The van der Waals surface area contributed by atoms with Crippen LogP contribution < -0.4 is 5.73 Å². The summed E-state index contributed by atoms with van der Waals surface area (Å²) >= 11 is 0. The second-order valence-corrected chi connectivity index (χ2v) is 4.46. The van der Waals surface area contributed by atoms with Crippen LogP contribution in [-0.4, -0.2) is 56.1 Å². The van der Waals surface area contributed by atoms with Gasteiger partial charge in [-0.1, -0.05) is 13.8 Å². The number of rotatable bonds is 6. The highest BCUT2D eigenvalue weighted by Crippen LogP contribution is 2.12. The third-order valence-electron chi connectivity index (χ3n) is 3.05. The van der Waals surface area contributed by atoms with Crippen LogP contribution in [0.3, 0.4) is 0 Å². The second kappa shape index (κ2) is 6.38. The highest BCUT2D eigenvalue weighted by molar-refractivity contribution is 4.87. The summed E-state index contributed by atoms with van der Waals surface area (Å²) in [5, 5.41) is 0. The van der Waals surface area contributed by atoms with Crippen molar-refractivity contribution in [2.45, 2.75) is 44.8 Å². The number of hydrogen-bond acceptors (Lipinski definition) is 3. The molecule has 0 amide bonds. The minimum absolute atomic E-state index is 0.231. The molecule has 0 aromatic carbocycles. The molecule has 2 N–H and O–H groups in total. The van der Waals surface area contributed by atoms with Gasteiger partial charge in [0.25, 0.3) is 0 Å². The lowest BCUT2D eigenvalue weighted by atomic mass is 9.95. The second-order valence-electron chi connectivity index (χ2n) is 4.46. The van der Waals surface area contributed by atoms with Crippen molar-refractivity contribution < 1.29 is 0 Å². The van der Waals surface area contributed by atoms with Gasteiger partial charge in [0.1, 0.15) is 0 Å². The Bertz CT molecular complexity index is 129. The maximum absolute atomic E-state index is 6.30. The van der Waals surface area contributed by atoms with E-state index in [-0.39, 0.29) is 6.04 Å². The molecule has 0 aromatic rings. The van der Waals surface area contributed by atoms with Gasteiger partial charge in [-0.15, -0.1) is 0 Å². The Hall–Kier alpha value is -0.120. The van der Waals surface area contributed by atoms with E-state index < -0.39 is 0 Å². The molecule has 0 aliphatic heterocycles. The maximum Gasteiger partial charge on any atom is 0.0354 e. The summed E-state index contributed by atoms with van der Waals surface area (Å²) in [6.07, 6.45) is 2.22. The van der Waals surface area contributed by atoms with Gasteiger partial charge in [-0.3, -0.25) is 0 Å². The molecule has 0 spiro atoms. The van der Waals surface area contributed by atoms with Crippen molar-refractivity contribution in [3.05, 3.63) is 0 Å². The van der Waals surface area contributed by atoms with Crippen molar-refractivity contribution >= 4 is 0 Å². The van der Waals surface area contributed by atoms with Gasteiger partial charge in [0.2, 0.25) is 0 Å². The maximum atomic E-state index is 6.30. The van der Waals surface area contributed by atoms with Crippen LogP contribution in [0.25, 0.3) is 0 Å². The van der Waals surface area contributed by atoms with Crippen molar-refractivity contribution in [3.8, 4) is 0 Å². The van der Waals surface area contributed by atoms with Gasteiger partial charge in [-0.2, -0.15) is 0 Å². The van der Waals surface area contributed by atoms with Crippen molar-refractivity contribution in [3.63, 3.8) is 0 Å². The van der Waals surface area contributed by atoms with Crippen LogP contribution in [0.4, 0.5) is 0 Å². The monoisotopic (exact) mass is 201 g/mol. The molecule has 2 unspecified atom stereocenters. The van der Waals surface area contributed by atoms with E-state index in [1.165, 1.54) is 0 Å². The Balaban J connectivity index is 4.44. The van der Waals surface area contributed by atoms with Crippen LogP contribution in [0.1, 0.15) is 26.7 Å². The summed E-state index contributed by atoms with van der Waals surface area (Å²) in [5.74, 6) is 0. The van der Waals surface area contributed by atoms with E-state index >= 15 is 0 Å². The summed E-state index contributed by atoms with van der Waals surface area (Å²) in [6, 6.07) is 1.18. The zero-order valence-corrected chi connectivity index (χ0v) is 10.6. The predicted molar refractivity (Wildman–Crippen MR) is 63.5 cm³/mol. The average molecular weight is 201 g/mol. The third-order valence-corrected chi connectivity index (χ3v) is 3.05. The first kappa shape index (κ1) is 13.9. The number of nitrogens with two attached hydrogens (primary N) is 1. The lowest BCUT2D eigenvalue weighted by Gasteiger charge is -2.37. The summed E-state index contributed by atoms with van der Waals surface area (Å²) in [7, 11) is 8.43. The van der Waals surface area contributed by atoms with Gasteiger partial charge in [-0.25, -0.2) is 0 Å². The van der Waals surface area contributed by atoms with Crippen LogP contribution in [0.5, 0.6) is 0 Å². The first-order valence-electron chi connectivity index (χ1n) is 5.54. The van der Waals surface area contributed by atoms with Gasteiger partial charge in [0.15, 0.2) is 0 Å². The number of likely N-dealkylation sites (N-methyl/N-ethyl adjacent to an activating group) is 2. The standard InChI is InChI=1S/C11H27N3/c1-7-9(13(3)4)11(12)10(8-2)14(5)6/h9-11H,7-8,12H2,1-6H3. The van der Waals surface area contributed by atoms with Crippen LogP contribution in [0, 0.1) is 0 Å². The van der Waals surface area contributed by atoms with E-state index in [1.54, 1.807) is 0 Å². The van der Waals surface area contributed by atoms with E-state index in [0.29, 0.717) is 12.1 Å². The quantitative estimate of drug-likeness (QED) is 0.696. The molecule has 86 valence electrons. The van der Waals surface area contributed by atoms with Gasteiger partial charge >= 0.3 is 0 Å². The van der Waals surface area contributed by atoms with Crippen molar-refractivity contribution in [2.24, 2.45) is 5.73 Å². The molecule has 0 saturated heterocycles. The lowest BCUT2D eigenvalue weighted by molar-refractivity contribution is 0.159. The number of nitrogens with zero attached hydrogens (tertiary/aromatic N) is 2. The fourth-order valence-corrected chi connectivity index (χ4v) is 2.22. The molecule has 0 rings (SSSR count). The molecule has 0 radical (unpaired) electrons. The van der Waals surface area contributed by atoms with E-state index in [0.717, 1.165) is 12.8 Å². The topological polar surface area (TPSA) is 32.5 Å². The van der Waals surface area contributed by atoms with Crippen molar-refractivity contribution in [1.29, 1.82) is 0 Å². The molecule has 0 bridgehead atoms. The molecule has 0 fully saturated rings. The normalized spacial score (nSPS) is 18.6. The summed E-state index contributed by atoms with van der Waals surface area (Å²) in [6.45, 7) is 4.40. The summed E-state index contributed by atoms with van der Waals surface area (Å²) in [4.78, 5) is 4.47. The largest absolute Gasteiger partial charge is 0.325 e. The molecule has 0 aliphatic rings. The molecule has 3 nitrogen and oxygen atoms in total. The fourth-order valence-electron chi connectivity index (χ4n) is 2.22. The van der Waals surface area contributed by atoms with Gasteiger partial charge in [-0.05, 0) is 41.0 Å². The van der Waals surface area contributed by atoms with Gasteiger partial charge in [0, 0.05) is 18.1 Å². The lowest BCUT2D eigenvalue weighted by Crippen LogP contribution is -2.55. The Morgan fingerprint density at radius 1 is 0.857 bits per heavy atom. The van der Waals surface area contributed by atoms with Crippen molar-refractivity contribution in [2.75, 3.05) is 28.2 Å². The van der Waals surface area contributed by atoms with E-state index in [2.05, 4.69) is 51.8 Å². The van der Waals surface area contributed by atoms with Gasteiger partial charge < -0.3 is 15.5 Å². The molecule has 0 heterocycles. The van der Waals surface area contributed by atoms with E-state index in [4.69, 9.17) is 5.73 Å². The van der Waals surface area contributed by atoms with Crippen LogP contribution in [-0.2, 0) is 0 Å². The minimum atomic E-state index is 0.231. The zero-order chi connectivity index (χ0) is 11.3. The van der Waals surface area contributed by atoms with Gasteiger partial charge in [0.05, 0.1) is 0 Å². The molecule has 0 aliphatic carbocycles. The van der Waals surface area contributed by atoms with Crippen LogP contribution >= 0.6 is 0 Å². The highest BCUT2D eigenvalue weighted by Gasteiger charge is 2.26. The Kier molecular flexibility index (Phi) is 6.33. The molecular weight excluding hydrogens is 174 g/mol. The molecule has 3 heteroatoms. The summed E-state index contributed by atoms with van der Waals surface area (Å²) in [5.41, 5.74) is 6.30. The zero-order valence-electron chi connectivity index (χ0n) is 10.6. The SMILES string of the molecule is CCC(C(N)C(CC)N(C)C)N(C)C.